The molecule has 0 atom stereocenters. The lowest BCUT2D eigenvalue weighted by Gasteiger charge is -2.01. The summed E-state index contributed by atoms with van der Waals surface area (Å²) < 4.78 is 11.0. The van der Waals surface area contributed by atoms with E-state index in [1.807, 2.05) is 30.3 Å². The summed E-state index contributed by atoms with van der Waals surface area (Å²) in [4.78, 5) is 4.24. The molecule has 0 radical (unpaired) electrons. The minimum Gasteiger partial charge on any atom is -0.508 e. The fourth-order valence-corrected chi connectivity index (χ4v) is 1.69. The van der Waals surface area contributed by atoms with Gasteiger partial charge in [0.2, 0.25) is 5.89 Å². The Morgan fingerprint density at radius 3 is 2.78 bits per heavy atom. The van der Waals surface area contributed by atoms with Crippen molar-refractivity contribution in [2.45, 2.75) is 6.61 Å². The van der Waals surface area contributed by atoms with Gasteiger partial charge in [0.25, 0.3) is 0 Å². The number of benzene rings is 2. The zero-order valence-corrected chi connectivity index (χ0v) is 9.54. The summed E-state index contributed by atoms with van der Waals surface area (Å²) in [6, 6.07) is 14.3. The van der Waals surface area contributed by atoms with Gasteiger partial charge in [0.15, 0.2) is 12.2 Å². The first-order chi connectivity index (χ1) is 8.81. The monoisotopic (exact) mass is 241 g/mol. The highest BCUT2D eigenvalue weighted by molar-refractivity contribution is 5.74. The summed E-state index contributed by atoms with van der Waals surface area (Å²) in [6.45, 7) is 0.263. The van der Waals surface area contributed by atoms with Crippen molar-refractivity contribution in [1.29, 1.82) is 0 Å². The Balaban J connectivity index is 1.79. The molecule has 3 aromatic rings. The Labute approximate surface area is 103 Å². The second-order valence-corrected chi connectivity index (χ2v) is 3.86. The molecule has 0 aliphatic heterocycles. The number of rotatable bonds is 3. The molecule has 1 aromatic heterocycles. The van der Waals surface area contributed by atoms with Gasteiger partial charge in [0.1, 0.15) is 17.0 Å². The van der Waals surface area contributed by atoms with Crippen LogP contribution in [0.5, 0.6) is 11.5 Å². The van der Waals surface area contributed by atoms with Gasteiger partial charge in [-0.2, -0.15) is 0 Å². The molecule has 0 aliphatic rings. The zero-order chi connectivity index (χ0) is 12.4. The first-order valence-electron chi connectivity index (χ1n) is 5.57. The van der Waals surface area contributed by atoms with Crippen LogP contribution in [-0.4, -0.2) is 10.1 Å². The van der Waals surface area contributed by atoms with E-state index >= 15 is 0 Å². The predicted octanol–water partition coefficient (Wildman–Crippen LogP) is 3.11. The maximum atomic E-state index is 9.33. The smallest absolute Gasteiger partial charge is 0.233 e. The van der Waals surface area contributed by atoms with Crippen molar-refractivity contribution in [3.05, 3.63) is 54.4 Å². The molecular weight excluding hydrogens is 230 g/mol. The van der Waals surface area contributed by atoms with Gasteiger partial charge in [0, 0.05) is 6.07 Å². The van der Waals surface area contributed by atoms with Crippen molar-refractivity contribution in [2.24, 2.45) is 0 Å². The predicted molar refractivity (Wildman–Crippen MR) is 66.4 cm³/mol. The van der Waals surface area contributed by atoms with Crippen LogP contribution in [0.2, 0.25) is 0 Å². The number of aromatic hydroxyl groups is 1. The van der Waals surface area contributed by atoms with Crippen LogP contribution in [0.25, 0.3) is 11.1 Å². The summed E-state index contributed by atoms with van der Waals surface area (Å²) in [6.07, 6.45) is 0. The molecule has 18 heavy (non-hydrogen) atoms. The van der Waals surface area contributed by atoms with Crippen LogP contribution in [0, 0.1) is 0 Å². The molecule has 3 rings (SSSR count). The number of para-hydroxylation sites is 1. The molecule has 0 saturated heterocycles. The van der Waals surface area contributed by atoms with Crippen LogP contribution in [0.4, 0.5) is 0 Å². The lowest BCUT2D eigenvalue weighted by Crippen LogP contribution is -1.94. The third-order valence-corrected chi connectivity index (χ3v) is 2.52. The van der Waals surface area contributed by atoms with Gasteiger partial charge < -0.3 is 14.3 Å². The lowest BCUT2D eigenvalue weighted by molar-refractivity contribution is 0.267. The van der Waals surface area contributed by atoms with E-state index in [1.165, 1.54) is 0 Å². The number of phenols is 1. The van der Waals surface area contributed by atoms with Crippen molar-refractivity contribution in [3.63, 3.8) is 0 Å². The zero-order valence-electron chi connectivity index (χ0n) is 9.54. The maximum Gasteiger partial charge on any atom is 0.233 e. The highest BCUT2D eigenvalue weighted by atomic mass is 16.5. The third-order valence-electron chi connectivity index (χ3n) is 2.52. The molecule has 4 heteroatoms. The lowest BCUT2D eigenvalue weighted by atomic mass is 10.3. The van der Waals surface area contributed by atoms with E-state index < -0.39 is 0 Å². The fraction of sp³-hybridized carbons (Fsp3) is 0.0714. The Bertz CT molecular complexity index is 661. The Morgan fingerprint density at radius 1 is 1.11 bits per heavy atom. The summed E-state index contributed by atoms with van der Waals surface area (Å²) >= 11 is 0. The molecule has 90 valence electrons. The number of ether oxygens (including phenoxy) is 1. The molecule has 0 saturated carbocycles. The van der Waals surface area contributed by atoms with Crippen molar-refractivity contribution < 1.29 is 14.3 Å². The first kappa shape index (κ1) is 10.7. The standard InChI is InChI=1S/C14H11NO3/c16-10-6-7-13-12(8-10)15-14(18-13)9-17-11-4-2-1-3-5-11/h1-8,16H,9H2. The molecule has 2 aromatic carbocycles. The Kier molecular flexibility index (Phi) is 2.61. The molecule has 0 bridgehead atoms. The first-order valence-corrected chi connectivity index (χ1v) is 5.57. The van der Waals surface area contributed by atoms with Crippen molar-refractivity contribution in [1.82, 2.24) is 4.98 Å². The molecule has 0 aliphatic carbocycles. The Hall–Kier alpha value is -2.49. The van der Waals surface area contributed by atoms with Gasteiger partial charge >= 0.3 is 0 Å². The van der Waals surface area contributed by atoms with Crippen LogP contribution >= 0.6 is 0 Å². The molecule has 0 amide bonds. The largest absolute Gasteiger partial charge is 0.508 e. The fourth-order valence-electron chi connectivity index (χ4n) is 1.69. The highest BCUT2D eigenvalue weighted by Crippen LogP contribution is 2.21. The van der Waals surface area contributed by atoms with E-state index in [-0.39, 0.29) is 12.4 Å². The number of fused-ring (bicyclic) bond motifs is 1. The summed E-state index contributed by atoms with van der Waals surface area (Å²) in [5.74, 6) is 1.42. The van der Waals surface area contributed by atoms with Gasteiger partial charge in [-0.15, -0.1) is 0 Å². The van der Waals surface area contributed by atoms with Crippen molar-refractivity contribution >= 4 is 11.1 Å². The van der Waals surface area contributed by atoms with Crippen LogP contribution in [0.15, 0.2) is 52.9 Å². The molecule has 0 fully saturated rings. The number of hydrogen-bond acceptors (Lipinski definition) is 4. The SMILES string of the molecule is Oc1ccc2oc(COc3ccccc3)nc2c1. The number of hydrogen-bond donors (Lipinski definition) is 1. The van der Waals surface area contributed by atoms with E-state index in [0.29, 0.717) is 17.0 Å². The van der Waals surface area contributed by atoms with E-state index in [4.69, 9.17) is 9.15 Å². The van der Waals surface area contributed by atoms with Gasteiger partial charge in [-0.1, -0.05) is 18.2 Å². The van der Waals surface area contributed by atoms with Crippen LogP contribution in [-0.2, 0) is 6.61 Å². The van der Waals surface area contributed by atoms with Gasteiger partial charge in [0.05, 0.1) is 0 Å². The van der Waals surface area contributed by atoms with Gasteiger partial charge in [-0.3, -0.25) is 0 Å². The number of phenolic OH excluding ortho intramolecular Hbond substituents is 1. The van der Waals surface area contributed by atoms with Crippen molar-refractivity contribution in [3.8, 4) is 11.5 Å². The van der Waals surface area contributed by atoms with Gasteiger partial charge in [-0.05, 0) is 24.3 Å². The number of aromatic nitrogens is 1. The van der Waals surface area contributed by atoms with E-state index in [1.54, 1.807) is 18.2 Å². The minimum atomic E-state index is 0.173. The van der Waals surface area contributed by atoms with Crippen molar-refractivity contribution in [2.75, 3.05) is 0 Å². The van der Waals surface area contributed by atoms with Gasteiger partial charge in [-0.25, -0.2) is 4.98 Å². The molecule has 0 spiro atoms. The summed E-state index contributed by atoms with van der Waals surface area (Å²) in [5, 5.41) is 9.33. The minimum absolute atomic E-state index is 0.173. The molecular formula is C14H11NO3. The van der Waals surface area contributed by atoms with Crippen LogP contribution < -0.4 is 4.74 Å². The normalized spacial score (nSPS) is 10.7. The van der Waals surface area contributed by atoms with E-state index in [2.05, 4.69) is 4.98 Å². The molecule has 1 N–H and O–H groups in total. The topological polar surface area (TPSA) is 55.5 Å². The van der Waals surface area contributed by atoms with Crippen LogP contribution in [0.3, 0.4) is 0 Å². The third kappa shape index (κ3) is 2.13. The maximum absolute atomic E-state index is 9.33. The van der Waals surface area contributed by atoms with Crippen LogP contribution in [0.1, 0.15) is 5.89 Å². The molecule has 1 heterocycles. The average Bonchev–Trinajstić information content (AvgIpc) is 2.79. The molecule has 4 nitrogen and oxygen atoms in total. The second kappa shape index (κ2) is 4.41. The average molecular weight is 241 g/mol. The van der Waals surface area contributed by atoms with E-state index in [0.717, 1.165) is 5.75 Å². The summed E-state index contributed by atoms with van der Waals surface area (Å²) in [7, 11) is 0. The van der Waals surface area contributed by atoms with E-state index in [9.17, 15) is 5.11 Å². The molecule has 0 unspecified atom stereocenters. The number of nitrogens with zero attached hydrogens (tertiary/aromatic N) is 1. The summed E-state index contributed by atoms with van der Waals surface area (Å²) in [5.41, 5.74) is 1.26. The highest BCUT2D eigenvalue weighted by Gasteiger charge is 2.06. The Morgan fingerprint density at radius 2 is 1.94 bits per heavy atom. The quantitative estimate of drug-likeness (QED) is 0.765. The number of oxazole rings is 1. The second-order valence-electron chi connectivity index (χ2n) is 3.86.